The largest absolute Gasteiger partial charge is 0.494 e. The maximum absolute atomic E-state index is 13.5. The third kappa shape index (κ3) is 6.99. The van der Waals surface area contributed by atoms with Gasteiger partial charge in [-0.3, -0.25) is 4.79 Å². The number of aryl methyl sites for hydroxylation is 1. The molecule has 0 heterocycles. The van der Waals surface area contributed by atoms with Gasteiger partial charge in [0.25, 0.3) is 0 Å². The number of alkyl halides is 3. The van der Waals surface area contributed by atoms with Crippen LogP contribution in [-0.2, 0) is 27.4 Å². The van der Waals surface area contributed by atoms with Crippen molar-refractivity contribution in [3.8, 4) is 5.75 Å². The molecule has 3 aromatic rings. The monoisotopic (exact) mass is 540 g/mol. The predicted octanol–water partition coefficient (Wildman–Crippen LogP) is 5.59. The number of ether oxygens (including phenoxy) is 1. The number of amides is 1. The van der Waals surface area contributed by atoms with Crippen molar-refractivity contribution in [1.29, 1.82) is 0 Å². The first-order valence-corrected chi connectivity index (χ1v) is 12.7. The highest BCUT2D eigenvalue weighted by molar-refractivity contribution is 7.89. The minimum atomic E-state index is -4.79. The van der Waals surface area contributed by atoms with Gasteiger partial charge in [0.1, 0.15) is 11.8 Å². The predicted molar refractivity (Wildman–Crippen MR) is 132 cm³/mol. The van der Waals surface area contributed by atoms with Gasteiger partial charge in [-0.1, -0.05) is 41.9 Å². The van der Waals surface area contributed by atoms with Gasteiger partial charge in [-0.15, -0.1) is 0 Å². The fraction of sp³-hybridized carbons (Fsp3) is 0.240. The molecule has 0 spiro atoms. The average Bonchev–Trinajstić information content (AvgIpc) is 2.81. The maximum Gasteiger partial charge on any atom is 0.418 e. The molecular weight excluding hydrogens is 517 g/mol. The quantitative estimate of drug-likeness (QED) is 0.370. The summed E-state index contributed by atoms with van der Waals surface area (Å²) in [4.78, 5) is 13.0. The van der Waals surface area contributed by atoms with Crippen LogP contribution in [0.5, 0.6) is 5.75 Å². The van der Waals surface area contributed by atoms with Gasteiger partial charge in [-0.2, -0.15) is 17.9 Å². The summed E-state index contributed by atoms with van der Waals surface area (Å²) in [5.74, 6) is -0.449. The van der Waals surface area contributed by atoms with E-state index in [1.54, 1.807) is 44.2 Å². The van der Waals surface area contributed by atoms with Crippen LogP contribution in [0.3, 0.4) is 0 Å². The smallest absolute Gasteiger partial charge is 0.418 e. The molecule has 0 unspecified atom stereocenters. The van der Waals surface area contributed by atoms with Crippen LogP contribution >= 0.6 is 11.6 Å². The van der Waals surface area contributed by atoms with Gasteiger partial charge in [0.15, 0.2) is 0 Å². The van der Waals surface area contributed by atoms with E-state index in [4.69, 9.17) is 16.3 Å². The molecule has 0 fully saturated rings. The van der Waals surface area contributed by atoms with Crippen LogP contribution in [0.4, 0.5) is 18.9 Å². The summed E-state index contributed by atoms with van der Waals surface area (Å²) in [7, 11) is -4.23. The number of halogens is 4. The Morgan fingerprint density at radius 3 is 2.36 bits per heavy atom. The Morgan fingerprint density at radius 1 is 1.06 bits per heavy atom. The van der Waals surface area contributed by atoms with Crippen LogP contribution in [0.25, 0.3) is 0 Å². The number of hydrogen-bond acceptors (Lipinski definition) is 4. The number of rotatable bonds is 9. The van der Waals surface area contributed by atoms with Gasteiger partial charge >= 0.3 is 6.18 Å². The fourth-order valence-corrected chi connectivity index (χ4v) is 4.93. The Bertz CT molecular complexity index is 1330. The second-order valence-electron chi connectivity index (χ2n) is 7.90. The average molecular weight is 541 g/mol. The van der Waals surface area contributed by atoms with Crippen LogP contribution in [0, 0.1) is 6.92 Å². The summed E-state index contributed by atoms with van der Waals surface area (Å²) in [6.45, 7) is 3.87. The Morgan fingerprint density at radius 2 is 1.75 bits per heavy atom. The Hall–Kier alpha value is -3.08. The number of sulfonamides is 1. The summed E-state index contributed by atoms with van der Waals surface area (Å²) < 4.78 is 74.6. The lowest BCUT2D eigenvalue weighted by molar-refractivity contribution is -0.137. The molecule has 6 nitrogen and oxygen atoms in total. The maximum atomic E-state index is 13.5. The lowest BCUT2D eigenvalue weighted by atomic mass is 10.1. The van der Waals surface area contributed by atoms with E-state index in [0.717, 1.165) is 6.07 Å². The normalized spacial score (nSPS) is 12.7. The second kappa shape index (κ2) is 11.3. The van der Waals surface area contributed by atoms with Crippen LogP contribution < -0.4 is 14.8 Å². The van der Waals surface area contributed by atoms with Gasteiger partial charge in [-0.05, 0) is 67.8 Å². The molecule has 0 aromatic heterocycles. The summed E-state index contributed by atoms with van der Waals surface area (Å²) in [5.41, 5.74) is -0.506. The molecule has 3 rings (SSSR count). The molecule has 0 bridgehead atoms. The van der Waals surface area contributed by atoms with Crippen LogP contribution in [0.15, 0.2) is 71.6 Å². The molecule has 192 valence electrons. The van der Waals surface area contributed by atoms with Gasteiger partial charge in [0.2, 0.25) is 15.9 Å². The summed E-state index contributed by atoms with van der Waals surface area (Å²) in [6, 6.07) is 14.2. The van der Waals surface area contributed by atoms with Crippen molar-refractivity contribution < 1.29 is 31.1 Å². The Labute approximate surface area is 212 Å². The number of benzene rings is 3. The third-order valence-corrected chi connectivity index (χ3v) is 6.90. The molecule has 0 saturated heterocycles. The number of hydrogen-bond donors (Lipinski definition) is 2. The number of anilines is 1. The zero-order valence-electron chi connectivity index (χ0n) is 19.4. The van der Waals surface area contributed by atoms with E-state index in [-0.39, 0.29) is 16.3 Å². The van der Waals surface area contributed by atoms with Gasteiger partial charge in [0, 0.05) is 5.02 Å². The van der Waals surface area contributed by atoms with Gasteiger partial charge in [-0.25, -0.2) is 8.42 Å². The highest BCUT2D eigenvalue weighted by Crippen LogP contribution is 2.36. The molecule has 0 saturated carbocycles. The highest BCUT2D eigenvalue weighted by atomic mass is 35.5. The fourth-order valence-electron chi connectivity index (χ4n) is 3.48. The van der Waals surface area contributed by atoms with E-state index < -0.39 is 39.4 Å². The molecule has 36 heavy (non-hydrogen) atoms. The molecule has 3 aromatic carbocycles. The van der Waals surface area contributed by atoms with Crippen molar-refractivity contribution in [2.75, 3.05) is 11.9 Å². The molecule has 0 aliphatic rings. The lowest BCUT2D eigenvalue weighted by Crippen LogP contribution is -2.45. The molecule has 0 aliphatic heterocycles. The molecule has 1 amide bonds. The van der Waals surface area contributed by atoms with Crippen LogP contribution in [-0.4, -0.2) is 27.0 Å². The molecule has 2 N–H and O–H groups in total. The van der Waals surface area contributed by atoms with Crippen molar-refractivity contribution in [1.82, 2.24) is 4.72 Å². The Balaban J connectivity index is 1.94. The first-order chi connectivity index (χ1) is 16.9. The zero-order valence-corrected chi connectivity index (χ0v) is 21.0. The van der Waals surface area contributed by atoms with Crippen molar-refractivity contribution in [2.24, 2.45) is 0 Å². The van der Waals surface area contributed by atoms with E-state index >= 15 is 0 Å². The van der Waals surface area contributed by atoms with Crippen LogP contribution in [0.2, 0.25) is 5.02 Å². The SMILES string of the molecule is CCOc1ccc(S(=O)(=O)N[C@@H](Cc2ccccc2)C(=O)Nc2ccc(Cl)cc2C(F)(F)F)cc1C. The van der Waals surface area contributed by atoms with Crippen molar-refractivity contribution in [2.45, 2.75) is 37.4 Å². The first-order valence-electron chi connectivity index (χ1n) is 10.9. The minimum absolute atomic E-state index is 0.100. The molecular formula is C25H24ClF3N2O4S. The minimum Gasteiger partial charge on any atom is -0.494 e. The zero-order chi connectivity index (χ0) is 26.5. The molecule has 1 atom stereocenters. The van der Waals surface area contributed by atoms with Gasteiger partial charge in [0.05, 0.1) is 22.8 Å². The lowest BCUT2D eigenvalue weighted by Gasteiger charge is -2.21. The number of carbonyl (C=O) groups is 1. The topological polar surface area (TPSA) is 84.5 Å². The van der Waals surface area contributed by atoms with E-state index in [0.29, 0.717) is 29.5 Å². The van der Waals surface area contributed by atoms with Crippen molar-refractivity contribution in [3.63, 3.8) is 0 Å². The number of carbonyl (C=O) groups excluding carboxylic acids is 1. The second-order valence-corrected chi connectivity index (χ2v) is 10.1. The standard InChI is InChI=1S/C25H24ClF3N2O4S/c1-3-35-23-12-10-19(13-16(23)2)36(33,34)31-22(14-17-7-5-4-6-8-17)24(32)30-21-11-9-18(26)15-20(21)25(27,28)29/h4-13,15,22,31H,3,14H2,1-2H3,(H,30,32)/t22-/m0/s1. The first kappa shape index (κ1) is 27.5. The molecule has 0 radical (unpaired) electrons. The van der Waals surface area contributed by atoms with Crippen LogP contribution in [0.1, 0.15) is 23.6 Å². The molecule has 0 aliphatic carbocycles. The van der Waals surface area contributed by atoms with E-state index in [1.807, 2.05) is 0 Å². The van der Waals surface area contributed by atoms with E-state index in [1.165, 1.54) is 24.3 Å². The molecule has 11 heteroatoms. The number of nitrogens with one attached hydrogen (secondary N) is 2. The van der Waals surface area contributed by atoms with Gasteiger partial charge < -0.3 is 10.1 Å². The summed E-state index contributed by atoms with van der Waals surface area (Å²) in [6.07, 6.45) is -4.89. The summed E-state index contributed by atoms with van der Waals surface area (Å²) >= 11 is 5.71. The third-order valence-electron chi connectivity index (χ3n) is 5.20. The van der Waals surface area contributed by atoms with E-state index in [2.05, 4.69) is 10.0 Å². The Kier molecular flexibility index (Phi) is 8.65. The summed E-state index contributed by atoms with van der Waals surface area (Å²) in [5, 5.41) is 2.05. The van der Waals surface area contributed by atoms with Crippen molar-refractivity contribution >= 4 is 33.2 Å². The van der Waals surface area contributed by atoms with E-state index in [9.17, 15) is 26.4 Å². The highest BCUT2D eigenvalue weighted by Gasteiger charge is 2.35. The van der Waals surface area contributed by atoms with Crippen molar-refractivity contribution in [3.05, 3.63) is 88.4 Å².